The minimum Gasteiger partial charge on any atom is -0.481 e. The number of carbonyl (C=O) groups is 3. The predicted octanol–water partition coefficient (Wildman–Crippen LogP) is 0.748. The molecule has 0 radical (unpaired) electrons. The molecule has 3 unspecified atom stereocenters. The number of hydrogen-bond donors (Lipinski definition) is 2. The van der Waals surface area contributed by atoms with Crippen LogP contribution < -0.4 is 5.32 Å². The number of piperidine rings is 1. The maximum atomic E-state index is 12.2. The van der Waals surface area contributed by atoms with Gasteiger partial charge in [-0.3, -0.25) is 9.59 Å². The second-order valence-electron chi connectivity index (χ2n) is 5.63. The average molecular weight is 299 g/mol. The first-order chi connectivity index (χ1) is 9.77. The van der Waals surface area contributed by atoms with Crippen molar-refractivity contribution < 1.29 is 19.5 Å². The van der Waals surface area contributed by atoms with Crippen LogP contribution in [0.4, 0.5) is 4.79 Å². The number of carboxylic acid groups (broad SMARTS) is 1. The van der Waals surface area contributed by atoms with Gasteiger partial charge in [-0.25, -0.2) is 4.79 Å². The lowest BCUT2D eigenvalue weighted by Gasteiger charge is -2.36. The van der Waals surface area contributed by atoms with Gasteiger partial charge in [-0.1, -0.05) is 0 Å². The van der Waals surface area contributed by atoms with Crippen LogP contribution in [0.25, 0.3) is 0 Å². The summed E-state index contributed by atoms with van der Waals surface area (Å²) < 4.78 is 0. The second kappa shape index (κ2) is 7.28. The minimum atomic E-state index is -0.810. The molecular formula is C14H25N3O4. The monoisotopic (exact) mass is 299 g/mol. The van der Waals surface area contributed by atoms with Crippen molar-refractivity contribution >= 4 is 17.9 Å². The van der Waals surface area contributed by atoms with Crippen LogP contribution in [-0.4, -0.2) is 65.0 Å². The Morgan fingerprint density at radius 3 is 2.52 bits per heavy atom. The normalized spacial score (nSPS) is 23.3. The number of carbonyl (C=O) groups excluding carboxylic acids is 2. The van der Waals surface area contributed by atoms with E-state index in [1.54, 1.807) is 23.8 Å². The van der Waals surface area contributed by atoms with Crippen molar-refractivity contribution in [3.63, 3.8) is 0 Å². The van der Waals surface area contributed by atoms with E-state index >= 15 is 0 Å². The molecule has 3 amide bonds. The first-order valence-corrected chi connectivity index (χ1v) is 7.32. The maximum Gasteiger partial charge on any atom is 0.318 e. The molecule has 7 nitrogen and oxygen atoms in total. The van der Waals surface area contributed by atoms with Gasteiger partial charge < -0.3 is 20.2 Å². The van der Waals surface area contributed by atoms with Crippen molar-refractivity contribution in [2.75, 3.05) is 20.1 Å². The van der Waals surface area contributed by atoms with E-state index in [1.807, 2.05) is 13.8 Å². The van der Waals surface area contributed by atoms with Gasteiger partial charge in [-0.15, -0.1) is 0 Å². The Morgan fingerprint density at radius 1 is 1.43 bits per heavy atom. The van der Waals surface area contributed by atoms with Gasteiger partial charge >= 0.3 is 12.0 Å². The lowest BCUT2D eigenvalue weighted by molar-refractivity contribution is -0.143. The van der Waals surface area contributed by atoms with E-state index in [1.165, 1.54) is 0 Å². The highest BCUT2D eigenvalue weighted by Gasteiger charge is 2.33. The maximum absolute atomic E-state index is 12.2. The van der Waals surface area contributed by atoms with E-state index in [2.05, 4.69) is 5.32 Å². The molecule has 1 fully saturated rings. The Bertz CT molecular complexity index is 413. The molecular weight excluding hydrogens is 274 g/mol. The van der Waals surface area contributed by atoms with Crippen molar-refractivity contribution in [3.05, 3.63) is 0 Å². The molecule has 1 aliphatic rings. The zero-order valence-corrected chi connectivity index (χ0v) is 13.1. The molecule has 0 bridgehead atoms. The molecule has 120 valence electrons. The van der Waals surface area contributed by atoms with Crippen molar-refractivity contribution in [1.29, 1.82) is 0 Å². The Morgan fingerprint density at radius 2 is 2.05 bits per heavy atom. The van der Waals surface area contributed by atoms with Crippen LogP contribution in [0, 0.1) is 5.92 Å². The van der Waals surface area contributed by atoms with Gasteiger partial charge in [0.2, 0.25) is 5.91 Å². The van der Waals surface area contributed by atoms with Gasteiger partial charge in [-0.05, 0) is 33.6 Å². The summed E-state index contributed by atoms with van der Waals surface area (Å²) in [6, 6.07) is -1.05. The summed E-state index contributed by atoms with van der Waals surface area (Å²) in [6.07, 6.45) is 0.893. The molecule has 1 heterocycles. The Balaban J connectivity index is 2.56. The molecule has 0 aliphatic carbocycles. The summed E-state index contributed by atoms with van der Waals surface area (Å²) in [7, 11) is 1.69. The number of hydrogen-bond acceptors (Lipinski definition) is 3. The zero-order chi connectivity index (χ0) is 16.2. The van der Waals surface area contributed by atoms with Gasteiger partial charge in [0, 0.05) is 26.2 Å². The highest BCUT2D eigenvalue weighted by atomic mass is 16.4. The molecule has 0 saturated carbocycles. The van der Waals surface area contributed by atoms with Gasteiger partial charge in [-0.2, -0.15) is 0 Å². The number of likely N-dealkylation sites (N-methyl/N-ethyl adjacent to an activating group) is 1. The van der Waals surface area contributed by atoms with E-state index in [0.29, 0.717) is 25.9 Å². The first kappa shape index (κ1) is 17.3. The number of amides is 3. The molecule has 3 atom stereocenters. The van der Waals surface area contributed by atoms with E-state index in [-0.39, 0.29) is 18.0 Å². The van der Waals surface area contributed by atoms with E-state index in [4.69, 9.17) is 5.11 Å². The smallest absolute Gasteiger partial charge is 0.318 e. The summed E-state index contributed by atoms with van der Waals surface area (Å²) in [5.41, 5.74) is 0. The highest BCUT2D eigenvalue weighted by molar-refractivity contribution is 5.86. The number of aliphatic carboxylic acids is 1. The Hall–Kier alpha value is -1.79. The van der Waals surface area contributed by atoms with E-state index in [9.17, 15) is 14.4 Å². The molecule has 0 spiro atoms. The number of rotatable bonds is 4. The summed E-state index contributed by atoms with van der Waals surface area (Å²) in [5, 5.41) is 11.7. The van der Waals surface area contributed by atoms with Crippen LogP contribution in [0.15, 0.2) is 0 Å². The third-order valence-corrected chi connectivity index (χ3v) is 4.05. The number of likely N-dealkylation sites (tertiary alicyclic amines) is 1. The molecule has 0 aromatic carbocycles. The molecule has 1 rings (SSSR count). The molecule has 1 saturated heterocycles. The van der Waals surface area contributed by atoms with Crippen LogP contribution in [-0.2, 0) is 9.59 Å². The Labute approximate surface area is 125 Å². The van der Waals surface area contributed by atoms with Crippen LogP contribution in [0.1, 0.15) is 33.6 Å². The molecule has 1 aliphatic heterocycles. The van der Waals surface area contributed by atoms with Crippen molar-refractivity contribution in [2.24, 2.45) is 5.92 Å². The summed E-state index contributed by atoms with van der Waals surface area (Å²) >= 11 is 0. The molecule has 2 N–H and O–H groups in total. The van der Waals surface area contributed by atoms with Gasteiger partial charge in [0.25, 0.3) is 0 Å². The number of urea groups is 1. The Kier molecular flexibility index (Phi) is 5.99. The first-order valence-electron chi connectivity index (χ1n) is 7.32. The van der Waals surface area contributed by atoms with Crippen LogP contribution in [0.3, 0.4) is 0 Å². The molecule has 0 aromatic rings. The fraction of sp³-hybridized carbons (Fsp3) is 0.786. The third kappa shape index (κ3) is 4.34. The number of carboxylic acids is 1. The van der Waals surface area contributed by atoms with Crippen molar-refractivity contribution in [2.45, 2.75) is 45.7 Å². The van der Waals surface area contributed by atoms with Crippen LogP contribution in [0.2, 0.25) is 0 Å². The van der Waals surface area contributed by atoms with E-state index < -0.39 is 17.9 Å². The lowest BCUT2D eigenvalue weighted by atomic mass is 9.92. The fourth-order valence-corrected chi connectivity index (χ4v) is 2.51. The van der Waals surface area contributed by atoms with Gasteiger partial charge in [0.05, 0.1) is 5.92 Å². The molecule has 0 aromatic heterocycles. The van der Waals surface area contributed by atoms with Gasteiger partial charge in [0.1, 0.15) is 6.04 Å². The number of nitrogens with one attached hydrogen (secondary N) is 1. The zero-order valence-electron chi connectivity index (χ0n) is 13.1. The average Bonchev–Trinajstić information content (AvgIpc) is 2.44. The van der Waals surface area contributed by atoms with E-state index in [0.717, 1.165) is 0 Å². The topological polar surface area (TPSA) is 90.0 Å². The quantitative estimate of drug-likeness (QED) is 0.801. The largest absolute Gasteiger partial charge is 0.481 e. The minimum absolute atomic E-state index is 0.140. The summed E-state index contributed by atoms with van der Waals surface area (Å²) in [6.45, 7) is 6.33. The summed E-state index contributed by atoms with van der Waals surface area (Å²) in [5.74, 6) is -1.34. The molecule has 21 heavy (non-hydrogen) atoms. The van der Waals surface area contributed by atoms with Gasteiger partial charge in [0.15, 0.2) is 0 Å². The van der Waals surface area contributed by atoms with Crippen LogP contribution >= 0.6 is 0 Å². The third-order valence-electron chi connectivity index (χ3n) is 4.05. The van der Waals surface area contributed by atoms with Crippen molar-refractivity contribution in [3.8, 4) is 0 Å². The molecule has 7 heteroatoms. The second-order valence-corrected chi connectivity index (χ2v) is 5.63. The number of nitrogens with zero attached hydrogens (tertiary/aromatic N) is 2. The fourth-order valence-electron chi connectivity index (χ4n) is 2.51. The predicted molar refractivity (Wildman–Crippen MR) is 77.8 cm³/mol. The highest BCUT2D eigenvalue weighted by Crippen LogP contribution is 2.23. The standard InChI is InChI=1S/C14H25N3O4/c1-5-16(4)12(18)10(3)15-14(21)17-7-6-11(13(19)20)8-9(17)2/h9-11H,5-8H2,1-4H3,(H,15,21)(H,19,20). The van der Waals surface area contributed by atoms with Crippen molar-refractivity contribution in [1.82, 2.24) is 15.1 Å². The SMILES string of the molecule is CCN(C)C(=O)C(C)NC(=O)N1CCC(C(=O)O)CC1C. The summed E-state index contributed by atoms with van der Waals surface area (Å²) in [4.78, 5) is 38.3. The lowest BCUT2D eigenvalue weighted by Crippen LogP contribution is -2.54. The van der Waals surface area contributed by atoms with Crippen LogP contribution in [0.5, 0.6) is 0 Å².